The molecule has 1 aliphatic carbocycles. The molecule has 0 atom stereocenters. The van der Waals surface area contributed by atoms with Crippen molar-refractivity contribution in [1.29, 1.82) is 0 Å². The van der Waals surface area contributed by atoms with Crippen LogP contribution in [0.4, 0.5) is 5.82 Å². The van der Waals surface area contributed by atoms with E-state index >= 15 is 0 Å². The van der Waals surface area contributed by atoms with Crippen molar-refractivity contribution in [2.24, 2.45) is 0 Å². The fourth-order valence-corrected chi connectivity index (χ4v) is 6.41. The minimum absolute atomic E-state index is 0.334. The molecular weight excluding hydrogens is 488 g/mol. The van der Waals surface area contributed by atoms with E-state index in [4.69, 9.17) is 19.8 Å². The van der Waals surface area contributed by atoms with Crippen LogP contribution in [0.2, 0.25) is 0 Å². The number of aromatic nitrogens is 4. The van der Waals surface area contributed by atoms with E-state index in [0.29, 0.717) is 43.4 Å². The van der Waals surface area contributed by atoms with Gasteiger partial charge in [-0.2, -0.15) is 9.40 Å². The Kier molecular flexibility index (Phi) is 6.08. The number of hydrogen-bond donors (Lipinski definition) is 0. The van der Waals surface area contributed by atoms with Crippen LogP contribution in [0.25, 0.3) is 16.7 Å². The molecule has 192 valence electrons. The van der Waals surface area contributed by atoms with Crippen molar-refractivity contribution in [3.63, 3.8) is 0 Å². The normalized spacial score (nSPS) is 17.2. The average molecular weight is 519 g/mol. The molecule has 0 spiro atoms. The summed E-state index contributed by atoms with van der Waals surface area (Å²) in [6, 6.07) is 16.4. The SMILES string of the molecule is COc1ccc(-n2nc(C)c3c(N4CCCN(S(=O)(=O)c5ccccc5)CC4)nc(C4CC4)nc32)cc1. The molecule has 0 unspecified atom stereocenters. The Bertz CT molecular complexity index is 1530. The minimum Gasteiger partial charge on any atom is -0.497 e. The van der Waals surface area contributed by atoms with Crippen LogP contribution in [0.1, 0.15) is 36.7 Å². The third kappa shape index (κ3) is 4.44. The molecule has 2 fully saturated rings. The van der Waals surface area contributed by atoms with E-state index in [9.17, 15) is 8.42 Å². The van der Waals surface area contributed by atoms with Crippen LogP contribution >= 0.6 is 0 Å². The van der Waals surface area contributed by atoms with E-state index in [2.05, 4.69) is 4.90 Å². The number of fused-ring (bicyclic) bond motifs is 1. The number of rotatable bonds is 6. The van der Waals surface area contributed by atoms with Gasteiger partial charge in [0.05, 0.1) is 28.8 Å². The number of nitrogens with zero attached hydrogens (tertiary/aromatic N) is 6. The van der Waals surface area contributed by atoms with Gasteiger partial charge in [-0.1, -0.05) is 18.2 Å². The van der Waals surface area contributed by atoms with E-state index in [1.54, 1.807) is 35.7 Å². The van der Waals surface area contributed by atoms with Crippen molar-refractivity contribution in [2.75, 3.05) is 38.2 Å². The maximum Gasteiger partial charge on any atom is 0.243 e. The topological polar surface area (TPSA) is 93.5 Å². The molecule has 0 amide bonds. The van der Waals surface area contributed by atoms with Crippen LogP contribution in [0, 0.1) is 6.92 Å². The van der Waals surface area contributed by atoms with Crippen molar-refractivity contribution in [2.45, 2.75) is 37.0 Å². The number of anilines is 1. The molecule has 0 radical (unpaired) electrons. The summed E-state index contributed by atoms with van der Waals surface area (Å²) in [6.07, 6.45) is 2.88. The van der Waals surface area contributed by atoms with Gasteiger partial charge in [-0.3, -0.25) is 0 Å². The van der Waals surface area contributed by atoms with Crippen molar-refractivity contribution >= 4 is 26.9 Å². The van der Waals surface area contributed by atoms with Crippen molar-refractivity contribution in [3.05, 3.63) is 66.1 Å². The lowest BCUT2D eigenvalue weighted by Crippen LogP contribution is -2.35. The number of aryl methyl sites for hydroxylation is 1. The smallest absolute Gasteiger partial charge is 0.243 e. The lowest BCUT2D eigenvalue weighted by molar-refractivity contribution is 0.414. The lowest BCUT2D eigenvalue weighted by atomic mass is 10.2. The summed E-state index contributed by atoms with van der Waals surface area (Å²) in [4.78, 5) is 12.6. The van der Waals surface area contributed by atoms with Crippen LogP contribution < -0.4 is 9.64 Å². The Hall–Kier alpha value is -3.50. The summed E-state index contributed by atoms with van der Waals surface area (Å²) >= 11 is 0. The van der Waals surface area contributed by atoms with E-state index in [1.807, 2.05) is 41.9 Å². The van der Waals surface area contributed by atoms with E-state index < -0.39 is 10.0 Å². The molecule has 4 aromatic rings. The Labute approximate surface area is 216 Å². The van der Waals surface area contributed by atoms with Gasteiger partial charge in [0, 0.05) is 32.1 Å². The van der Waals surface area contributed by atoms with Gasteiger partial charge in [-0.05, 0) is 62.6 Å². The summed E-state index contributed by atoms with van der Waals surface area (Å²) in [6.45, 7) is 4.12. The molecule has 0 N–H and O–H groups in total. The lowest BCUT2D eigenvalue weighted by Gasteiger charge is -2.24. The van der Waals surface area contributed by atoms with Gasteiger partial charge in [0.25, 0.3) is 0 Å². The largest absolute Gasteiger partial charge is 0.497 e. The first kappa shape index (κ1) is 23.9. The zero-order valence-corrected chi connectivity index (χ0v) is 21.9. The second-order valence-corrected chi connectivity index (χ2v) is 11.6. The van der Waals surface area contributed by atoms with Gasteiger partial charge in [0.1, 0.15) is 17.4 Å². The molecule has 6 rings (SSSR count). The number of benzene rings is 2. The van der Waals surface area contributed by atoms with Gasteiger partial charge in [-0.25, -0.2) is 23.1 Å². The molecule has 0 bridgehead atoms. The second kappa shape index (κ2) is 9.42. The Morgan fingerprint density at radius 2 is 1.68 bits per heavy atom. The number of sulfonamides is 1. The summed E-state index contributed by atoms with van der Waals surface area (Å²) in [7, 11) is -1.89. The number of methoxy groups -OCH3 is 1. The molecule has 1 saturated carbocycles. The summed E-state index contributed by atoms with van der Waals surface area (Å²) in [5.41, 5.74) is 2.54. The monoisotopic (exact) mass is 518 g/mol. The van der Waals surface area contributed by atoms with Crippen LogP contribution in [-0.4, -0.2) is 65.8 Å². The van der Waals surface area contributed by atoms with Gasteiger partial charge in [0.2, 0.25) is 10.0 Å². The van der Waals surface area contributed by atoms with Gasteiger partial charge < -0.3 is 9.64 Å². The van der Waals surface area contributed by atoms with Crippen LogP contribution in [0.3, 0.4) is 0 Å². The maximum atomic E-state index is 13.3. The van der Waals surface area contributed by atoms with Gasteiger partial charge in [-0.15, -0.1) is 0 Å². The molecule has 10 heteroatoms. The highest BCUT2D eigenvalue weighted by molar-refractivity contribution is 7.89. The molecule has 9 nitrogen and oxygen atoms in total. The molecule has 2 aliphatic rings. The summed E-state index contributed by atoms with van der Waals surface area (Å²) < 4.78 is 35.3. The highest BCUT2D eigenvalue weighted by atomic mass is 32.2. The summed E-state index contributed by atoms with van der Waals surface area (Å²) in [5.74, 6) is 2.84. The van der Waals surface area contributed by atoms with Crippen molar-refractivity contribution in [3.8, 4) is 11.4 Å². The molecule has 37 heavy (non-hydrogen) atoms. The Morgan fingerprint density at radius 3 is 2.38 bits per heavy atom. The number of hydrogen-bond acceptors (Lipinski definition) is 7. The molecule has 2 aromatic heterocycles. The third-order valence-corrected chi connectivity index (χ3v) is 9.01. The van der Waals surface area contributed by atoms with E-state index in [-0.39, 0.29) is 0 Å². The Balaban J connectivity index is 1.37. The third-order valence-electron chi connectivity index (χ3n) is 7.10. The Morgan fingerprint density at radius 1 is 0.919 bits per heavy atom. The minimum atomic E-state index is -3.54. The predicted octanol–water partition coefficient (Wildman–Crippen LogP) is 3.91. The van der Waals surface area contributed by atoms with Crippen LogP contribution in [0.5, 0.6) is 5.75 Å². The summed E-state index contributed by atoms with van der Waals surface area (Å²) in [5, 5.41) is 5.77. The first-order chi connectivity index (χ1) is 18.0. The van der Waals surface area contributed by atoms with E-state index in [0.717, 1.165) is 52.6 Å². The molecule has 2 aromatic carbocycles. The fourth-order valence-electron chi connectivity index (χ4n) is 4.92. The fraction of sp³-hybridized carbons (Fsp3) is 0.370. The zero-order chi connectivity index (χ0) is 25.6. The van der Waals surface area contributed by atoms with E-state index in [1.165, 1.54) is 0 Å². The molecule has 1 saturated heterocycles. The maximum absolute atomic E-state index is 13.3. The van der Waals surface area contributed by atoms with Crippen LogP contribution in [0.15, 0.2) is 59.5 Å². The van der Waals surface area contributed by atoms with Crippen molar-refractivity contribution < 1.29 is 13.2 Å². The standard InChI is InChI=1S/C27H30N6O3S/c1-19-24-26(31-15-6-16-32(18-17-31)37(34,35)23-7-4-3-5-8-23)28-25(20-9-10-20)29-27(24)33(30-19)21-11-13-22(36-2)14-12-21/h3-5,7-8,11-14,20H,6,9-10,15-18H2,1-2H3. The highest BCUT2D eigenvalue weighted by Crippen LogP contribution is 2.41. The highest BCUT2D eigenvalue weighted by Gasteiger charge is 2.32. The number of ether oxygens (including phenoxy) is 1. The van der Waals surface area contributed by atoms with Gasteiger partial charge in [0.15, 0.2) is 5.65 Å². The first-order valence-corrected chi connectivity index (χ1v) is 14.1. The average Bonchev–Trinajstić information content (AvgIpc) is 3.75. The molecule has 1 aliphatic heterocycles. The van der Waals surface area contributed by atoms with Crippen LogP contribution in [-0.2, 0) is 10.0 Å². The first-order valence-electron chi connectivity index (χ1n) is 12.7. The quantitative estimate of drug-likeness (QED) is 0.382. The second-order valence-electron chi connectivity index (χ2n) is 9.63. The predicted molar refractivity (Wildman–Crippen MR) is 142 cm³/mol. The van der Waals surface area contributed by atoms with Gasteiger partial charge >= 0.3 is 0 Å². The van der Waals surface area contributed by atoms with Crippen molar-refractivity contribution in [1.82, 2.24) is 24.1 Å². The molecular formula is C27H30N6O3S. The zero-order valence-electron chi connectivity index (χ0n) is 21.0. The molecule has 3 heterocycles.